The van der Waals surface area contributed by atoms with Gasteiger partial charge in [-0.2, -0.15) is 0 Å². The lowest BCUT2D eigenvalue weighted by molar-refractivity contribution is 0.572. The van der Waals surface area contributed by atoms with Gasteiger partial charge in [-0.25, -0.2) is 23.1 Å². The van der Waals surface area contributed by atoms with Gasteiger partial charge in [0, 0.05) is 25.2 Å². The summed E-state index contributed by atoms with van der Waals surface area (Å²) in [5, 5.41) is 6.31. The summed E-state index contributed by atoms with van der Waals surface area (Å²) in [6.07, 6.45) is 3.41. The number of hydrogen-bond donors (Lipinski definition) is 3. The van der Waals surface area contributed by atoms with Gasteiger partial charge < -0.3 is 15.1 Å². The molecule has 0 aliphatic heterocycles. The first-order valence-corrected chi connectivity index (χ1v) is 10.7. The molecule has 10 heteroatoms. The molecule has 0 aliphatic carbocycles. The van der Waals surface area contributed by atoms with Crippen LogP contribution in [0.1, 0.15) is 24.6 Å². The van der Waals surface area contributed by atoms with Crippen molar-refractivity contribution in [1.82, 2.24) is 20.3 Å². The van der Waals surface area contributed by atoms with Gasteiger partial charge in [-0.15, -0.1) is 24.0 Å². The van der Waals surface area contributed by atoms with Crippen molar-refractivity contribution in [2.45, 2.75) is 26.8 Å². The van der Waals surface area contributed by atoms with Gasteiger partial charge in [0.1, 0.15) is 12.0 Å². The minimum atomic E-state index is -3.15. The second-order valence-corrected chi connectivity index (χ2v) is 7.99. The Kier molecular flexibility index (Phi) is 10.5. The van der Waals surface area contributed by atoms with Crippen LogP contribution in [0.15, 0.2) is 39.9 Å². The number of nitrogens with zero attached hydrogens (tertiary/aromatic N) is 2. The van der Waals surface area contributed by atoms with Crippen LogP contribution in [-0.2, 0) is 16.6 Å². The van der Waals surface area contributed by atoms with Crippen LogP contribution in [0.5, 0.6) is 0 Å². The zero-order chi connectivity index (χ0) is 19.7. The first-order valence-electron chi connectivity index (χ1n) is 8.85. The number of aliphatic imine (C=N–C) groups is 1. The number of nitrogens with one attached hydrogen (secondary N) is 3. The summed E-state index contributed by atoms with van der Waals surface area (Å²) < 4.78 is 30.1. The van der Waals surface area contributed by atoms with Gasteiger partial charge in [-0.3, -0.25) is 0 Å². The van der Waals surface area contributed by atoms with Crippen molar-refractivity contribution in [2.24, 2.45) is 4.99 Å². The molecule has 8 nitrogen and oxygen atoms in total. The van der Waals surface area contributed by atoms with Gasteiger partial charge in [0.05, 0.1) is 12.8 Å². The summed E-state index contributed by atoms with van der Waals surface area (Å²) in [4.78, 5) is 8.96. The van der Waals surface area contributed by atoms with Crippen LogP contribution < -0.4 is 15.4 Å². The van der Waals surface area contributed by atoms with E-state index in [9.17, 15) is 8.42 Å². The fourth-order valence-electron chi connectivity index (χ4n) is 2.26. The molecule has 28 heavy (non-hydrogen) atoms. The molecular formula is C18H28IN5O3S. The molecule has 2 aromatic rings. The molecule has 3 N–H and O–H groups in total. The number of hydrogen-bond acceptors (Lipinski definition) is 5. The smallest absolute Gasteiger partial charge is 0.226 e. The number of guanidine groups is 1. The summed E-state index contributed by atoms with van der Waals surface area (Å²) in [6, 6.07) is 7.99. The van der Waals surface area contributed by atoms with Crippen molar-refractivity contribution < 1.29 is 12.8 Å². The third-order valence-corrected chi connectivity index (χ3v) is 4.33. The SMILES string of the molecule is CCNC(=NCc1coc(-c2ccc(C)cc2)n1)NCCCNS(C)(=O)=O.I. The van der Waals surface area contributed by atoms with Crippen molar-refractivity contribution in [3.05, 3.63) is 41.8 Å². The summed E-state index contributed by atoms with van der Waals surface area (Å²) >= 11 is 0. The Balaban J connectivity index is 0.00000392. The highest BCUT2D eigenvalue weighted by Crippen LogP contribution is 2.19. The Hall–Kier alpha value is -1.66. The average Bonchev–Trinajstić information content (AvgIpc) is 3.08. The standard InChI is InChI=1S/C18H27N5O3S.HI/c1-4-19-18(20-10-5-11-22-27(3,24)25)21-12-16-13-26-17(23-16)15-8-6-14(2)7-9-15;/h6-9,13,22H,4-5,10-12H2,1-3H3,(H2,19,20,21);1H. The lowest BCUT2D eigenvalue weighted by Gasteiger charge is -2.10. The molecule has 2 rings (SSSR count). The number of benzene rings is 1. The van der Waals surface area contributed by atoms with Crippen molar-refractivity contribution in [3.8, 4) is 11.5 Å². The van der Waals surface area contributed by atoms with Crippen LogP contribution in [0.3, 0.4) is 0 Å². The minimum absolute atomic E-state index is 0. The first-order chi connectivity index (χ1) is 12.9. The number of aromatic nitrogens is 1. The lowest BCUT2D eigenvalue weighted by atomic mass is 10.1. The van der Waals surface area contributed by atoms with Gasteiger partial charge in [-0.1, -0.05) is 17.7 Å². The molecule has 0 spiro atoms. The fourth-order valence-corrected chi connectivity index (χ4v) is 2.78. The highest BCUT2D eigenvalue weighted by molar-refractivity contribution is 14.0. The normalized spacial score (nSPS) is 11.8. The maximum Gasteiger partial charge on any atom is 0.226 e. The van der Waals surface area contributed by atoms with Crippen LogP contribution in [0.4, 0.5) is 0 Å². The number of rotatable bonds is 9. The number of oxazole rings is 1. The Morgan fingerprint density at radius 3 is 2.54 bits per heavy atom. The van der Waals surface area contributed by atoms with E-state index in [0.29, 0.717) is 37.9 Å². The molecule has 156 valence electrons. The van der Waals surface area contributed by atoms with E-state index < -0.39 is 10.0 Å². The average molecular weight is 521 g/mol. The van der Waals surface area contributed by atoms with Gasteiger partial charge in [-0.05, 0) is 32.4 Å². The molecule has 0 unspecified atom stereocenters. The number of halogens is 1. The van der Waals surface area contributed by atoms with Crippen LogP contribution in [0, 0.1) is 6.92 Å². The van der Waals surface area contributed by atoms with Crippen LogP contribution in [0.2, 0.25) is 0 Å². The van der Waals surface area contributed by atoms with E-state index in [1.807, 2.05) is 38.1 Å². The molecule has 0 aliphatic rings. The Bertz CT molecular complexity index is 850. The van der Waals surface area contributed by atoms with E-state index in [1.54, 1.807) is 6.26 Å². The van der Waals surface area contributed by atoms with Gasteiger partial charge in [0.2, 0.25) is 15.9 Å². The van der Waals surface area contributed by atoms with Crippen molar-refractivity contribution >= 4 is 40.0 Å². The Morgan fingerprint density at radius 1 is 1.18 bits per heavy atom. The maximum atomic E-state index is 11.0. The van der Waals surface area contributed by atoms with Crippen LogP contribution in [-0.4, -0.2) is 45.3 Å². The van der Waals surface area contributed by atoms with E-state index in [1.165, 1.54) is 5.56 Å². The third kappa shape index (κ3) is 9.02. The lowest BCUT2D eigenvalue weighted by Crippen LogP contribution is -2.38. The van der Waals surface area contributed by atoms with Gasteiger partial charge in [0.15, 0.2) is 5.96 Å². The monoisotopic (exact) mass is 521 g/mol. The Morgan fingerprint density at radius 2 is 1.89 bits per heavy atom. The molecular weight excluding hydrogens is 493 g/mol. The molecule has 0 saturated carbocycles. The molecule has 1 heterocycles. The van der Waals surface area contributed by atoms with E-state index in [2.05, 4.69) is 25.3 Å². The molecule has 1 aromatic heterocycles. The fraction of sp³-hybridized carbons (Fsp3) is 0.444. The van der Waals surface area contributed by atoms with Crippen LogP contribution >= 0.6 is 24.0 Å². The quantitative estimate of drug-likeness (QED) is 0.202. The van der Waals surface area contributed by atoms with Crippen molar-refractivity contribution in [1.29, 1.82) is 0 Å². The van der Waals surface area contributed by atoms with E-state index >= 15 is 0 Å². The van der Waals surface area contributed by atoms with Gasteiger partial charge in [0.25, 0.3) is 0 Å². The first kappa shape index (κ1) is 24.4. The minimum Gasteiger partial charge on any atom is -0.444 e. The van der Waals surface area contributed by atoms with Crippen LogP contribution in [0.25, 0.3) is 11.5 Å². The predicted octanol–water partition coefficient (Wildman–Crippen LogP) is 2.26. The second-order valence-electron chi connectivity index (χ2n) is 6.15. The molecule has 0 fully saturated rings. The Labute approximate surface area is 183 Å². The molecule has 0 radical (unpaired) electrons. The maximum absolute atomic E-state index is 11.0. The summed E-state index contributed by atoms with van der Waals surface area (Å²) in [5.41, 5.74) is 2.85. The zero-order valence-electron chi connectivity index (χ0n) is 16.4. The van der Waals surface area contributed by atoms with E-state index in [0.717, 1.165) is 24.1 Å². The molecule has 0 saturated heterocycles. The van der Waals surface area contributed by atoms with E-state index in [-0.39, 0.29) is 24.0 Å². The summed E-state index contributed by atoms with van der Waals surface area (Å²) in [6.45, 7) is 6.10. The van der Waals surface area contributed by atoms with Crippen molar-refractivity contribution in [2.75, 3.05) is 25.9 Å². The van der Waals surface area contributed by atoms with Gasteiger partial charge >= 0.3 is 0 Å². The zero-order valence-corrected chi connectivity index (χ0v) is 19.5. The van der Waals surface area contributed by atoms with Crippen molar-refractivity contribution in [3.63, 3.8) is 0 Å². The second kappa shape index (κ2) is 12.0. The van der Waals surface area contributed by atoms with E-state index in [4.69, 9.17) is 4.42 Å². The molecule has 0 amide bonds. The topological polar surface area (TPSA) is 109 Å². The highest BCUT2D eigenvalue weighted by Gasteiger charge is 2.07. The number of aryl methyl sites for hydroxylation is 1. The molecule has 0 bridgehead atoms. The summed E-state index contributed by atoms with van der Waals surface area (Å²) in [5.74, 6) is 1.22. The third-order valence-electron chi connectivity index (χ3n) is 3.60. The largest absolute Gasteiger partial charge is 0.444 e. The summed E-state index contributed by atoms with van der Waals surface area (Å²) in [7, 11) is -3.15. The number of sulfonamides is 1. The highest BCUT2D eigenvalue weighted by atomic mass is 127. The predicted molar refractivity (Wildman–Crippen MR) is 122 cm³/mol. The molecule has 1 aromatic carbocycles. The molecule has 0 atom stereocenters.